The molecular formula is C21H20N4O2S. The summed E-state index contributed by atoms with van der Waals surface area (Å²) >= 11 is 1.60. The first kappa shape index (κ1) is 18.4. The van der Waals surface area contributed by atoms with E-state index in [1.807, 2.05) is 25.1 Å². The minimum atomic E-state index is -0.200. The minimum Gasteiger partial charge on any atom is -0.302 e. The Balaban J connectivity index is 1.34. The molecule has 1 aromatic heterocycles. The lowest BCUT2D eigenvalue weighted by Crippen LogP contribution is -2.31. The molecule has 2 aromatic carbocycles. The van der Waals surface area contributed by atoms with E-state index in [1.165, 1.54) is 10.5 Å². The van der Waals surface area contributed by atoms with Crippen LogP contribution in [0.4, 0.5) is 0 Å². The molecule has 0 atom stereocenters. The van der Waals surface area contributed by atoms with Gasteiger partial charge in [-0.2, -0.15) is 0 Å². The van der Waals surface area contributed by atoms with Gasteiger partial charge in [0.1, 0.15) is 5.82 Å². The number of amides is 2. The fraction of sp³-hybridized carbons (Fsp3) is 0.238. The number of hydrogen-bond donors (Lipinski definition) is 0. The summed E-state index contributed by atoms with van der Waals surface area (Å²) in [5, 5.41) is 9.32. The number of hydrogen-bond acceptors (Lipinski definition) is 5. The molecule has 2 amide bonds. The van der Waals surface area contributed by atoms with Crippen LogP contribution in [0.1, 0.15) is 38.5 Å². The Labute approximate surface area is 167 Å². The van der Waals surface area contributed by atoms with E-state index in [-0.39, 0.29) is 11.8 Å². The summed E-state index contributed by atoms with van der Waals surface area (Å²) in [6.45, 7) is 3.07. The average molecular weight is 392 g/mol. The number of aromatic nitrogens is 3. The second kappa shape index (κ2) is 7.98. The van der Waals surface area contributed by atoms with Gasteiger partial charge in [-0.05, 0) is 31.0 Å². The van der Waals surface area contributed by atoms with Gasteiger partial charge in [0, 0.05) is 12.3 Å². The summed E-state index contributed by atoms with van der Waals surface area (Å²) in [7, 11) is 0. The molecule has 4 rings (SSSR count). The van der Waals surface area contributed by atoms with Crippen LogP contribution >= 0.6 is 11.8 Å². The lowest BCUT2D eigenvalue weighted by atomic mass is 10.1. The number of imide groups is 1. The molecule has 0 saturated heterocycles. The number of nitrogens with zero attached hydrogens (tertiary/aromatic N) is 4. The van der Waals surface area contributed by atoms with E-state index in [0.29, 0.717) is 24.1 Å². The van der Waals surface area contributed by atoms with Crippen LogP contribution in [0.3, 0.4) is 0 Å². The van der Waals surface area contributed by atoms with E-state index in [4.69, 9.17) is 0 Å². The molecule has 0 fully saturated rings. The number of fused-ring (bicyclic) bond motifs is 1. The molecule has 0 saturated carbocycles. The quantitative estimate of drug-likeness (QED) is 0.350. The van der Waals surface area contributed by atoms with E-state index in [2.05, 4.69) is 26.9 Å². The fourth-order valence-corrected chi connectivity index (χ4v) is 4.15. The van der Waals surface area contributed by atoms with Crippen LogP contribution in [-0.2, 0) is 6.54 Å². The maximum absolute atomic E-state index is 12.4. The standard InChI is InChI=1S/C21H20N4O2S/c1-15-22-23-21(25(15)14-16-8-3-2-4-9-16)28-13-7-12-24-19(26)17-10-5-6-11-18(17)20(24)27/h2-6,8-11H,7,12-14H2,1H3. The highest BCUT2D eigenvalue weighted by Crippen LogP contribution is 2.24. The Morgan fingerprint density at radius 2 is 1.54 bits per heavy atom. The second-order valence-electron chi connectivity index (χ2n) is 6.61. The summed E-state index contributed by atoms with van der Waals surface area (Å²) in [6.07, 6.45) is 0.702. The number of benzene rings is 2. The molecule has 0 spiro atoms. The van der Waals surface area contributed by atoms with Gasteiger partial charge >= 0.3 is 0 Å². The van der Waals surface area contributed by atoms with Crippen LogP contribution in [0.15, 0.2) is 59.8 Å². The zero-order chi connectivity index (χ0) is 19.5. The monoisotopic (exact) mass is 392 g/mol. The van der Waals surface area contributed by atoms with E-state index in [9.17, 15) is 9.59 Å². The SMILES string of the molecule is Cc1nnc(SCCCN2C(=O)c3ccccc3C2=O)n1Cc1ccccc1. The smallest absolute Gasteiger partial charge is 0.261 e. The molecule has 142 valence electrons. The van der Waals surface area contributed by atoms with E-state index < -0.39 is 0 Å². The fourth-order valence-electron chi connectivity index (χ4n) is 3.24. The Hall–Kier alpha value is -2.93. The number of carbonyl (C=O) groups is 2. The van der Waals surface area contributed by atoms with Gasteiger partial charge in [0.2, 0.25) is 0 Å². The molecule has 0 N–H and O–H groups in total. The molecule has 7 heteroatoms. The second-order valence-corrected chi connectivity index (χ2v) is 7.67. The average Bonchev–Trinajstić information content (AvgIpc) is 3.18. The van der Waals surface area contributed by atoms with Gasteiger partial charge in [-0.3, -0.25) is 14.5 Å². The van der Waals surface area contributed by atoms with Crippen LogP contribution in [0.2, 0.25) is 0 Å². The largest absolute Gasteiger partial charge is 0.302 e. The highest BCUT2D eigenvalue weighted by atomic mass is 32.2. The predicted octanol–water partition coefficient (Wildman–Crippen LogP) is 3.41. The topological polar surface area (TPSA) is 68.1 Å². The molecule has 3 aromatic rings. The molecule has 1 aliphatic rings. The zero-order valence-electron chi connectivity index (χ0n) is 15.5. The molecule has 0 aliphatic carbocycles. The molecule has 0 bridgehead atoms. The van der Waals surface area contributed by atoms with Crippen molar-refractivity contribution >= 4 is 23.6 Å². The Morgan fingerprint density at radius 3 is 2.21 bits per heavy atom. The van der Waals surface area contributed by atoms with Crippen molar-refractivity contribution in [1.29, 1.82) is 0 Å². The first-order chi connectivity index (χ1) is 13.6. The van der Waals surface area contributed by atoms with Gasteiger partial charge in [-0.25, -0.2) is 0 Å². The molecule has 6 nitrogen and oxygen atoms in total. The van der Waals surface area contributed by atoms with Gasteiger partial charge in [0.05, 0.1) is 17.7 Å². The number of rotatable bonds is 7. The highest BCUT2D eigenvalue weighted by molar-refractivity contribution is 7.99. The normalized spacial score (nSPS) is 13.2. The van der Waals surface area contributed by atoms with Gasteiger partial charge in [-0.15, -0.1) is 10.2 Å². The lowest BCUT2D eigenvalue weighted by molar-refractivity contribution is 0.0655. The summed E-state index contributed by atoms with van der Waals surface area (Å²) in [5.41, 5.74) is 2.19. The van der Waals surface area contributed by atoms with Crippen molar-refractivity contribution in [2.75, 3.05) is 12.3 Å². The van der Waals surface area contributed by atoms with Gasteiger partial charge < -0.3 is 4.57 Å². The van der Waals surface area contributed by atoms with Crippen molar-refractivity contribution in [2.24, 2.45) is 0 Å². The summed E-state index contributed by atoms with van der Waals surface area (Å²) in [4.78, 5) is 26.1. The predicted molar refractivity (Wildman–Crippen MR) is 107 cm³/mol. The first-order valence-corrected chi connectivity index (χ1v) is 10.2. The zero-order valence-corrected chi connectivity index (χ0v) is 16.4. The number of thioether (sulfide) groups is 1. The summed E-state index contributed by atoms with van der Waals surface area (Å²) in [6, 6.07) is 17.2. The van der Waals surface area contributed by atoms with E-state index in [1.54, 1.807) is 36.0 Å². The molecule has 0 unspecified atom stereocenters. The van der Waals surface area contributed by atoms with Crippen molar-refractivity contribution in [3.63, 3.8) is 0 Å². The van der Waals surface area contributed by atoms with Crippen LogP contribution in [0.5, 0.6) is 0 Å². The highest BCUT2D eigenvalue weighted by Gasteiger charge is 2.34. The first-order valence-electron chi connectivity index (χ1n) is 9.17. The van der Waals surface area contributed by atoms with Crippen molar-refractivity contribution in [1.82, 2.24) is 19.7 Å². The van der Waals surface area contributed by atoms with Crippen molar-refractivity contribution in [3.8, 4) is 0 Å². The third-order valence-electron chi connectivity index (χ3n) is 4.72. The summed E-state index contributed by atoms with van der Waals surface area (Å²) in [5.74, 6) is 1.22. The molecule has 28 heavy (non-hydrogen) atoms. The minimum absolute atomic E-state index is 0.200. The number of aryl methyl sites for hydroxylation is 1. The Kier molecular flexibility index (Phi) is 5.25. The maximum atomic E-state index is 12.4. The van der Waals surface area contributed by atoms with Crippen LogP contribution in [0, 0.1) is 6.92 Å². The molecule has 1 aliphatic heterocycles. The van der Waals surface area contributed by atoms with Crippen molar-refractivity contribution in [3.05, 3.63) is 77.1 Å². The van der Waals surface area contributed by atoms with Crippen molar-refractivity contribution < 1.29 is 9.59 Å². The summed E-state index contributed by atoms with van der Waals surface area (Å²) < 4.78 is 2.09. The molecule has 2 heterocycles. The Morgan fingerprint density at radius 1 is 0.893 bits per heavy atom. The third kappa shape index (κ3) is 3.57. The van der Waals surface area contributed by atoms with E-state index >= 15 is 0 Å². The van der Waals surface area contributed by atoms with Crippen LogP contribution in [-0.4, -0.2) is 43.8 Å². The van der Waals surface area contributed by atoms with Crippen LogP contribution < -0.4 is 0 Å². The van der Waals surface area contributed by atoms with E-state index in [0.717, 1.165) is 23.3 Å². The third-order valence-corrected chi connectivity index (χ3v) is 5.77. The van der Waals surface area contributed by atoms with Crippen molar-refractivity contribution in [2.45, 2.75) is 25.0 Å². The van der Waals surface area contributed by atoms with Crippen LogP contribution in [0.25, 0.3) is 0 Å². The lowest BCUT2D eigenvalue weighted by Gasteiger charge is -2.13. The number of carbonyl (C=O) groups excluding carboxylic acids is 2. The maximum Gasteiger partial charge on any atom is 0.261 e. The molecular weight excluding hydrogens is 372 g/mol. The van der Waals surface area contributed by atoms with Gasteiger partial charge in [0.25, 0.3) is 11.8 Å². The molecule has 0 radical (unpaired) electrons. The van der Waals surface area contributed by atoms with Gasteiger partial charge in [0.15, 0.2) is 5.16 Å². The Bertz CT molecular complexity index is 981. The van der Waals surface area contributed by atoms with Gasteiger partial charge in [-0.1, -0.05) is 54.2 Å².